The van der Waals surface area contributed by atoms with Gasteiger partial charge in [0.25, 0.3) is 0 Å². The Balaban J connectivity index is 2.93. The Morgan fingerprint density at radius 2 is 1.94 bits per heavy atom. The maximum absolute atomic E-state index is 11.3. The monoisotopic (exact) mass is 254 g/mol. The second-order valence-electron chi connectivity index (χ2n) is 5.29. The minimum absolute atomic E-state index is 0.0554. The van der Waals surface area contributed by atoms with Crippen molar-refractivity contribution in [3.63, 3.8) is 0 Å². The maximum Gasteiger partial charge on any atom is 0.530 e. The fraction of sp³-hybridized carbons (Fsp3) is 0.583. The first-order chi connectivity index (χ1) is 8.06. The summed E-state index contributed by atoms with van der Waals surface area (Å²) in [5, 5.41) is 19.9. The molecule has 0 spiro atoms. The predicted molar refractivity (Wildman–Crippen MR) is 67.8 cm³/mol. The minimum Gasteiger partial charge on any atom is -0.472 e. The van der Waals surface area contributed by atoms with Crippen LogP contribution in [0.3, 0.4) is 0 Å². The highest BCUT2D eigenvalue weighted by Gasteiger charge is 2.41. The van der Waals surface area contributed by atoms with E-state index in [-0.39, 0.29) is 17.0 Å². The molecule has 0 bridgehead atoms. The normalized spacial score (nSPS) is 12.6. The highest BCUT2D eigenvalue weighted by molar-refractivity contribution is 6.60. The van der Waals surface area contributed by atoms with Crippen LogP contribution in [0.4, 0.5) is 0 Å². The molecule has 1 aromatic rings. The van der Waals surface area contributed by atoms with Gasteiger partial charge in [0, 0.05) is 0 Å². The van der Waals surface area contributed by atoms with Crippen molar-refractivity contribution in [3.8, 4) is 0 Å². The summed E-state index contributed by atoms with van der Waals surface area (Å²) < 4.78 is 10.5. The third kappa shape index (κ3) is 3.01. The molecular weight excluding hydrogens is 235 g/mol. The van der Waals surface area contributed by atoms with E-state index >= 15 is 0 Å². The average Bonchev–Trinajstić information content (AvgIpc) is 2.62. The van der Waals surface area contributed by atoms with Crippen molar-refractivity contribution in [2.45, 2.75) is 45.8 Å². The van der Waals surface area contributed by atoms with Gasteiger partial charge < -0.3 is 19.2 Å². The Labute approximate surface area is 107 Å². The van der Waals surface area contributed by atoms with Gasteiger partial charge in [-0.3, -0.25) is 4.79 Å². The number of hydrogen-bond acceptors (Lipinski definition) is 5. The molecule has 100 valence electrons. The smallest absolute Gasteiger partial charge is 0.472 e. The van der Waals surface area contributed by atoms with Gasteiger partial charge in [0.05, 0.1) is 23.0 Å². The lowest BCUT2D eigenvalue weighted by Crippen LogP contribution is -2.53. The number of ketones is 1. The Morgan fingerprint density at radius 1 is 1.39 bits per heavy atom. The molecule has 0 aromatic carbocycles. The van der Waals surface area contributed by atoms with E-state index in [0.29, 0.717) is 0 Å². The minimum atomic E-state index is -1.40. The summed E-state index contributed by atoms with van der Waals surface area (Å²) in [6.45, 7) is 7.82. The lowest BCUT2D eigenvalue weighted by molar-refractivity contribution is -0.0986. The van der Waals surface area contributed by atoms with Gasteiger partial charge in [-0.25, -0.2) is 0 Å². The Kier molecular flexibility index (Phi) is 4.05. The standard InChI is InChI=1S/C12H19BO5/c1-8(14)9-6-7-17-10(9)13(16)18-12(4,5)11(2,3)15/h6-7,15-16H,1-5H3. The summed E-state index contributed by atoms with van der Waals surface area (Å²) in [7, 11) is -1.40. The summed E-state index contributed by atoms with van der Waals surface area (Å²) >= 11 is 0. The molecule has 1 aromatic heterocycles. The third-order valence-electron chi connectivity index (χ3n) is 3.18. The highest BCUT2D eigenvalue weighted by atomic mass is 16.6. The second kappa shape index (κ2) is 4.88. The zero-order chi connectivity index (χ0) is 14.1. The van der Waals surface area contributed by atoms with Gasteiger partial charge in [-0.15, -0.1) is 0 Å². The van der Waals surface area contributed by atoms with Crippen LogP contribution in [0.15, 0.2) is 16.7 Å². The van der Waals surface area contributed by atoms with Gasteiger partial charge >= 0.3 is 7.12 Å². The molecular formula is C12H19BO5. The average molecular weight is 254 g/mol. The number of carbonyl (C=O) groups excluding carboxylic acids is 1. The first-order valence-electron chi connectivity index (χ1n) is 5.73. The summed E-state index contributed by atoms with van der Waals surface area (Å²) in [5.74, 6) is -0.220. The second-order valence-corrected chi connectivity index (χ2v) is 5.29. The number of carbonyl (C=O) groups is 1. The van der Waals surface area contributed by atoms with Crippen LogP contribution < -0.4 is 5.66 Å². The quantitative estimate of drug-likeness (QED) is 0.598. The highest BCUT2D eigenvalue weighted by Crippen LogP contribution is 2.25. The van der Waals surface area contributed by atoms with E-state index in [2.05, 4.69) is 0 Å². The van der Waals surface area contributed by atoms with Crippen LogP contribution >= 0.6 is 0 Å². The lowest BCUT2D eigenvalue weighted by atomic mass is 9.79. The van der Waals surface area contributed by atoms with Crippen LogP contribution in [-0.4, -0.2) is 34.2 Å². The van der Waals surface area contributed by atoms with E-state index in [4.69, 9.17) is 9.07 Å². The molecule has 0 saturated heterocycles. The molecule has 0 unspecified atom stereocenters. The molecule has 0 aliphatic rings. The van der Waals surface area contributed by atoms with Crippen molar-refractivity contribution in [2.24, 2.45) is 0 Å². The largest absolute Gasteiger partial charge is 0.530 e. The Morgan fingerprint density at radius 3 is 2.39 bits per heavy atom. The molecule has 0 fully saturated rings. The molecule has 0 radical (unpaired) electrons. The van der Waals surface area contributed by atoms with Crippen LogP contribution in [-0.2, 0) is 4.65 Å². The number of Topliss-reactive ketones (excluding diaryl/α,β-unsaturated/α-hetero) is 1. The van der Waals surface area contributed by atoms with E-state index in [0.717, 1.165) is 0 Å². The van der Waals surface area contributed by atoms with Crippen molar-refractivity contribution in [2.75, 3.05) is 0 Å². The van der Waals surface area contributed by atoms with E-state index in [1.165, 1.54) is 19.3 Å². The zero-order valence-corrected chi connectivity index (χ0v) is 11.4. The third-order valence-corrected chi connectivity index (χ3v) is 3.18. The molecule has 0 aliphatic carbocycles. The van der Waals surface area contributed by atoms with Gasteiger partial charge in [0.15, 0.2) is 5.78 Å². The number of rotatable bonds is 5. The molecule has 5 nitrogen and oxygen atoms in total. The van der Waals surface area contributed by atoms with Gasteiger partial charge in [-0.1, -0.05) is 0 Å². The number of furan rings is 1. The molecule has 18 heavy (non-hydrogen) atoms. The van der Waals surface area contributed by atoms with E-state index in [9.17, 15) is 14.9 Å². The van der Waals surface area contributed by atoms with Crippen LogP contribution in [0.5, 0.6) is 0 Å². The molecule has 2 N–H and O–H groups in total. The summed E-state index contributed by atoms with van der Waals surface area (Å²) in [5.41, 5.74) is -1.83. The SMILES string of the molecule is CC(=O)c1ccoc1B(O)OC(C)(C)C(C)(C)O. The maximum atomic E-state index is 11.3. The summed E-state index contributed by atoms with van der Waals surface area (Å²) in [4.78, 5) is 11.3. The molecule has 0 amide bonds. The lowest BCUT2D eigenvalue weighted by Gasteiger charge is -2.38. The van der Waals surface area contributed by atoms with Gasteiger partial charge in [0.2, 0.25) is 0 Å². The Bertz CT molecular complexity index is 430. The van der Waals surface area contributed by atoms with Crippen molar-refractivity contribution < 1.29 is 24.0 Å². The van der Waals surface area contributed by atoms with Crippen LogP contribution in [0.2, 0.25) is 0 Å². The molecule has 0 aliphatic heterocycles. The van der Waals surface area contributed by atoms with E-state index < -0.39 is 18.3 Å². The molecule has 6 heteroatoms. The van der Waals surface area contributed by atoms with Gasteiger partial charge in [-0.05, 0) is 40.7 Å². The van der Waals surface area contributed by atoms with E-state index in [1.807, 2.05) is 0 Å². The first-order valence-corrected chi connectivity index (χ1v) is 5.73. The molecule has 1 heterocycles. The van der Waals surface area contributed by atoms with Gasteiger partial charge in [0.1, 0.15) is 5.66 Å². The van der Waals surface area contributed by atoms with Crippen molar-refractivity contribution in [3.05, 3.63) is 17.9 Å². The van der Waals surface area contributed by atoms with Crippen molar-refractivity contribution in [1.82, 2.24) is 0 Å². The van der Waals surface area contributed by atoms with E-state index in [1.54, 1.807) is 27.7 Å². The first kappa shape index (κ1) is 15.0. The summed E-state index contributed by atoms with van der Waals surface area (Å²) in [6, 6.07) is 1.47. The van der Waals surface area contributed by atoms with Crippen LogP contribution in [0, 0.1) is 0 Å². The molecule has 1 rings (SSSR count). The molecule has 0 saturated carbocycles. The van der Waals surface area contributed by atoms with Crippen LogP contribution in [0.25, 0.3) is 0 Å². The number of aliphatic hydroxyl groups is 1. The van der Waals surface area contributed by atoms with Crippen molar-refractivity contribution in [1.29, 1.82) is 0 Å². The fourth-order valence-corrected chi connectivity index (χ4v) is 1.28. The van der Waals surface area contributed by atoms with Crippen molar-refractivity contribution >= 4 is 18.6 Å². The predicted octanol–water partition coefficient (Wildman–Crippen LogP) is 0.736. The molecule has 0 atom stereocenters. The topological polar surface area (TPSA) is 79.9 Å². The number of hydrogen-bond donors (Lipinski definition) is 2. The van der Waals surface area contributed by atoms with Crippen LogP contribution in [0.1, 0.15) is 45.0 Å². The Hall–Kier alpha value is -1.11. The van der Waals surface area contributed by atoms with Gasteiger partial charge in [-0.2, -0.15) is 0 Å². The summed E-state index contributed by atoms with van der Waals surface area (Å²) in [6.07, 6.45) is 1.32. The fourth-order valence-electron chi connectivity index (χ4n) is 1.28. The zero-order valence-electron chi connectivity index (χ0n) is 11.4.